The lowest BCUT2D eigenvalue weighted by atomic mass is 9.75. The third-order valence-corrected chi connectivity index (χ3v) is 7.45. The lowest BCUT2D eigenvalue weighted by molar-refractivity contribution is -0.135. The molecule has 3 saturated heterocycles. The van der Waals surface area contributed by atoms with Crippen LogP contribution in [0, 0.1) is 5.92 Å². The van der Waals surface area contributed by atoms with Crippen LogP contribution in [0.1, 0.15) is 43.9 Å². The summed E-state index contributed by atoms with van der Waals surface area (Å²) in [6.07, 6.45) is 5.05. The fourth-order valence-corrected chi connectivity index (χ4v) is 5.65. The normalized spacial score (nSPS) is 25.7. The highest BCUT2D eigenvalue weighted by molar-refractivity contribution is 6.07. The van der Waals surface area contributed by atoms with Gasteiger partial charge in [0.2, 0.25) is 0 Å². The zero-order chi connectivity index (χ0) is 24.3. The topological polar surface area (TPSA) is 84.0 Å². The number of carbonyl (C=O) groups excluding carboxylic acids is 2. The summed E-state index contributed by atoms with van der Waals surface area (Å²) in [5.74, 6) is 0.664. The van der Waals surface area contributed by atoms with E-state index in [1.54, 1.807) is 6.20 Å². The first-order valence-electron chi connectivity index (χ1n) is 12.7. The number of urea groups is 1. The summed E-state index contributed by atoms with van der Waals surface area (Å²) in [5.41, 5.74) is 0.736. The Labute approximate surface area is 206 Å². The fourth-order valence-electron chi connectivity index (χ4n) is 5.65. The van der Waals surface area contributed by atoms with Crippen LogP contribution < -0.4 is 10.1 Å². The second-order valence-corrected chi connectivity index (χ2v) is 9.63. The molecule has 8 nitrogen and oxygen atoms in total. The van der Waals surface area contributed by atoms with Crippen molar-refractivity contribution in [1.82, 2.24) is 20.1 Å². The average Bonchev–Trinajstić information content (AvgIpc) is 3.49. The van der Waals surface area contributed by atoms with E-state index in [0.29, 0.717) is 25.5 Å². The number of aromatic nitrogens is 1. The Morgan fingerprint density at radius 3 is 2.57 bits per heavy atom. The minimum atomic E-state index is -1.12. The first kappa shape index (κ1) is 23.8. The van der Waals surface area contributed by atoms with Crippen LogP contribution in [0.5, 0.6) is 5.75 Å². The summed E-state index contributed by atoms with van der Waals surface area (Å²) in [4.78, 5) is 35.3. The highest BCUT2D eigenvalue weighted by Gasteiger charge is 2.58. The van der Waals surface area contributed by atoms with Gasteiger partial charge in [0.1, 0.15) is 5.75 Å². The number of pyridine rings is 1. The molecule has 1 aromatic carbocycles. The second kappa shape index (κ2) is 10.3. The highest BCUT2D eigenvalue weighted by atomic mass is 16.5. The lowest BCUT2D eigenvalue weighted by Crippen LogP contribution is -2.54. The van der Waals surface area contributed by atoms with Gasteiger partial charge in [-0.3, -0.25) is 19.6 Å². The Kier molecular flexibility index (Phi) is 7.02. The summed E-state index contributed by atoms with van der Waals surface area (Å²) >= 11 is 0. The lowest BCUT2D eigenvalue weighted by Gasteiger charge is -2.40. The minimum Gasteiger partial charge on any atom is -0.494 e. The van der Waals surface area contributed by atoms with Crippen LogP contribution in [0.25, 0.3) is 0 Å². The van der Waals surface area contributed by atoms with E-state index in [0.717, 1.165) is 51.1 Å². The van der Waals surface area contributed by atoms with Crippen molar-refractivity contribution in [2.45, 2.75) is 50.8 Å². The van der Waals surface area contributed by atoms with E-state index in [1.165, 1.54) is 10.5 Å². The van der Waals surface area contributed by atoms with Crippen molar-refractivity contribution >= 4 is 11.9 Å². The number of hydrogen-bond acceptors (Lipinski definition) is 6. The number of nitrogens with one attached hydrogen (secondary N) is 1. The van der Waals surface area contributed by atoms with Crippen molar-refractivity contribution in [3.63, 3.8) is 0 Å². The first-order valence-corrected chi connectivity index (χ1v) is 12.7. The fraction of sp³-hybridized carbons (Fsp3) is 0.519. The maximum atomic E-state index is 13.9. The molecule has 1 aromatic heterocycles. The molecule has 0 bridgehead atoms. The van der Waals surface area contributed by atoms with Gasteiger partial charge in [-0.25, -0.2) is 4.79 Å². The van der Waals surface area contributed by atoms with E-state index in [1.807, 2.05) is 37.3 Å². The Bertz CT molecular complexity index is 1020. The Hall–Kier alpha value is -2.97. The summed E-state index contributed by atoms with van der Waals surface area (Å²) in [6, 6.07) is 13.5. The number of amides is 3. The molecule has 2 aromatic rings. The van der Waals surface area contributed by atoms with E-state index < -0.39 is 5.54 Å². The van der Waals surface area contributed by atoms with Crippen LogP contribution in [0.2, 0.25) is 0 Å². The molecule has 3 aliphatic heterocycles. The van der Waals surface area contributed by atoms with Gasteiger partial charge in [0.25, 0.3) is 5.91 Å². The smallest absolute Gasteiger partial charge is 0.325 e. The zero-order valence-electron chi connectivity index (χ0n) is 20.3. The third-order valence-electron chi connectivity index (χ3n) is 7.45. The molecule has 1 N–H and O–H groups in total. The summed E-state index contributed by atoms with van der Waals surface area (Å²) < 4.78 is 11.3. The minimum absolute atomic E-state index is 0.0278. The molecule has 35 heavy (non-hydrogen) atoms. The third kappa shape index (κ3) is 4.77. The van der Waals surface area contributed by atoms with Crippen molar-refractivity contribution in [3.8, 4) is 5.75 Å². The molecule has 5 rings (SSSR count). The number of likely N-dealkylation sites (tertiary alicyclic amines) is 1. The summed E-state index contributed by atoms with van der Waals surface area (Å²) in [5, 5.41) is 3.10. The number of carbonyl (C=O) groups is 2. The van der Waals surface area contributed by atoms with E-state index in [4.69, 9.17) is 9.47 Å². The zero-order valence-corrected chi connectivity index (χ0v) is 20.3. The number of rotatable bonds is 8. The van der Waals surface area contributed by atoms with Crippen LogP contribution in [0.4, 0.5) is 4.79 Å². The van der Waals surface area contributed by atoms with Crippen molar-refractivity contribution in [3.05, 3.63) is 59.9 Å². The quantitative estimate of drug-likeness (QED) is 0.586. The van der Waals surface area contributed by atoms with Crippen LogP contribution in [-0.4, -0.2) is 65.7 Å². The largest absolute Gasteiger partial charge is 0.494 e. The van der Waals surface area contributed by atoms with Crippen LogP contribution >= 0.6 is 0 Å². The Morgan fingerprint density at radius 2 is 1.91 bits per heavy atom. The van der Waals surface area contributed by atoms with Crippen LogP contribution in [-0.2, 0) is 21.6 Å². The van der Waals surface area contributed by atoms with E-state index in [-0.39, 0.29) is 24.0 Å². The standard InChI is InChI=1S/C27H34N4O4/c1-2-34-22-10-8-20(9-11-22)18-30-15-12-21(13-16-30)27(24-7-3-4-14-28-24)25(32)31(26(33)29-27)19-23-6-5-17-35-23/h3-4,7-11,14,21,23H,2,5-6,12-13,15-19H2,1H3,(H,29,33)/t23-,27-/m1/s1. The Balaban J connectivity index is 1.31. The number of hydrogen-bond donors (Lipinski definition) is 1. The maximum absolute atomic E-state index is 13.9. The number of nitrogens with zero attached hydrogens (tertiary/aromatic N) is 3. The first-order chi connectivity index (χ1) is 17.1. The number of benzene rings is 1. The van der Waals surface area contributed by atoms with Gasteiger partial charge in [0.15, 0.2) is 5.54 Å². The Morgan fingerprint density at radius 1 is 1.11 bits per heavy atom. The highest BCUT2D eigenvalue weighted by Crippen LogP contribution is 2.41. The van der Waals surface area contributed by atoms with Gasteiger partial charge in [-0.05, 0) is 81.4 Å². The molecule has 0 saturated carbocycles. The number of piperidine rings is 1. The molecule has 8 heteroatoms. The van der Waals surface area contributed by atoms with Crippen LogP contribution in [0.3, 0.4) is 0 Å². The maximum Gasteiger partial charge on any atom is 0.325 e. The van der Waals surface area contributed by atoms with E-state index in [2.05, 4.69) is 27.3 Å². The van der Waals surface area contributed by atoms with Gasteiger partial charge in [0.05, 0.1) is 24.9 Å². The van der Waals surface area contributed by atoms with Gasteiger partial charge < -0.3 is 14.8 Å². The predicted molar refractivity (Wildman–Crippen MR) is 131 cm³/mol. The molecule has 2 atom stereocenters. The average molecular weight is 479 g/mol. The number of ether oxygens (including phenoxy) is 2. The van der Waals surface area contributed by atoms with Crippen molar-refractivity contribution < 1.29 is 19.1 Å². The van der Waals surface area contributed by atoms with Gasteiger partial charge in [-0.1, -0.05) is 18.2 Å². The van der Waals surface area contributed by atoms with Gasteiger partial charge in [-0.2, -0.15) is 0 Å². The van der Waals surface area contributed by atoms with Gasteiger partial charge >= 0.3 is 6.03 Å². The van der Waals surface area contributed by atoms with Gasteiger partial charge in [-0.15, -0.1) is 0 Å². The molecule has 0 aliphatic carbocycles. The van der Waals surface area contributed by atoms with E-state index in [9.17, 15) is 9.59 Å². The molecular weight excluding hydrogens is 444 g/mol. The van der Waals surface area contributed by atoms with Crippen molar-refractivity contribution in [2.75, 3.05) is 32.8 Å². The molecule has 186 valence electrons. The second-order valence-electron chi connectivity index (χ2n) is 9.63. The SMILES string of the molecule is CCOc1ccc(CN2CCC([C@]3(c4ccccn4)NC(=O)N(C[C@H]4CCCO4)C3=O)CC2)cc1. The molecule has 0 radical (unpaired) electrons. The molecular formula is C27H34N4O4. The van der Waals surface area contributed by atoms with Crippen molar-refractivity contribution in [2.24, 2.45) is 5.92 Å². The van der Waals surface area contributed by atoms with Gasteiger partial charge in [0, 0.05) is 19.3 Å². The molecule has 0 unspecified atom stereocenters. The number of imide groups is 1. The van der Waals surface area contributed by atoms with Crippen molar-refractivity contribution in [1.29, 1.82) is 0 Å². The molecule has 3 fully saturated rings. The molecule has 4 heterocycles. The predicted octanol–water partition coefficient (Wildman–Crippen LogP) is 3.32. The van der Waals surface area contributed by atoms with E-state index >= 15 is 0 Å². The summed E-state index contributed by atoms with van der Waals surface area (Å²) in [6.45, 7) is 6.17. The monoisotopic (exact) mass is 478 g/mol. The molecule has 3 aliphatic rings. The summed E-state index contributed by atoms with van der Waals surface area (Å²) in [7, 11) is 0. The molecule has 3 amide bonds. The molecule has 0 spiro atoms. The van der Waals surface area contributed by atoms with Crippen LogP contribution in [0.15, 0.2) is 48.7 Å².